The van der Waals surface area contributed by atoms with Gasteiger partial charge in [-0.1, -0.05) is 24.3 Å². The summed E-state index contributed by atoms with van der Waals surface area (Å²) in [6.45, 7) is 0. The van der Waals surface area contributed by atoms with Gasteiger partial charge in [0.05, 0.1) is 4.92 Å². The molecule has 6 heteroatoms. The van der Waals surface area contributed by atoms with Crippen LogP contribution < -0.4 is 0 Å². The van der Waals surface area contributed by atoms with Crippen molar-refractivity contribution < 1.29 is 20.2 Å². The molecule has 0 heterocycles. The Balaban J connectivity index is 0.000000184. The normalized spacial score (nSPS) is 9.11. The fourth-order valence-electron chi connectivity index (χ4n) is 1.08. The van der Waals surface area contributed by atoms with Crippen LogP contribution in [0.5, 0.6) is 17.2 Å². The fourth-order valence-corrected chi connectivity index (χ4v) is 1.08. The van der Waals surface area contributed by atoms with Crippen molar-refractivity contribution >= 4 is 5.69 Å². The third-order valence-electron chi connectivity index (χ3n) is 1.96. The summed E-state index contributed by atoms with van der Waals surface area (Å²) in [5.74, 6) is -0.451. The predicted octanol–water partition coefficient (Wildman–Crippen LogP) is 2.40. The van der Waals surface area contributed by atoms with E-state index in [0.717, 1.165) is 0 Å². The molecule has 0 aliphatic heterocycles. The quantitative estimate of drug-likeness (QED) is 0.409. The second-order valence-corrected chi connectivity index (χ2v) is 3.23. The van der Waals surface area contributed by atoms with Crippen molar-refractivity contribution in [1.29, 1.82) is 0 Å². The number of nitro groups is 1. The van der Waals surface area contributed by atoms with E-state index < -0.39 is 4.92 Å². The van der Waals surface area contributed by atoms with E-state index >= 15 is 0 Å². The van der Waals surface area contributed by atoms with Crippen LogP contribution in [0.2, 0.25) is 0 Å². The summed E-state index contributed by atoms with van der Waals surface area (Å²) < 4.78 is 0. The number of hydrogen-bond donors (Lipinski definition) is 3. The largest absolute Gasteiger partial charge is 0.504 e. The molecule has 0 spiro atoms. The molecule has 2 aromatic rings. The van der Waals surface area contributed by atoms with Gasteiger partial charge in [-0.2, -0.15) is 0 Å². The van der Waals surface area contributed by atoms with E-state index in [9.17, 15) is 10.1 Å². The number of rotatable bonds is 1. The zero-order valence-corrected chi connectivity index (χ0v) is 9.22. The average Bonchev–Trinajstić information content (AvgIpc) is 2.34. The molecule has 94 valence electrons. The van der Waals surface area contributed by atoms with Crippen molar-refractivity contribution in [3.8, 4) is 17.2 Å². The molecule has 3 N–H and O–H groups in total. The lowest BCUT2D eigenvalue weighted by atomic mass is 10.3. The molecule has 0 saturated heterocycles. The standard InChI is InChI=1S/C6H5NO3.C6H6O2/c8-6-4-2-1-3-5(6)7(9)10;7-5-3-1-2-4-6(5)8/h1-4,8H;1-4,7-8H. The summed E-state index contributed by atoms with van der Waals surface area (Å²) in [4.78, 5) is 9.44. The molecule has 0 aliphatic carbocycles. The van der Waals surface area contributed by atoms with Gasteiger partial charge in [-0.25, -0.2) is 0 Å². The Morgan fingerprint density at radius 2 is 1.17 bits per heavy atom. The number of benzene rings is 2. The monoisotopic (exact) mass is 249 g/mol. The minimum absolute atomic E-state index is 0.0764. The van der Waals surface area contributed by atoms with Crippen molar-refractivity contribution in [2.75, 3.05) is 0 Å². The first-order valence-corrected chi connectivity index (χ1v) is 4.91. The average molecular weight is 249 g/mol. The molecular formula is C12H11NO5. The minimum Gasteiger partial charge on any atom is -0.504 e. The highest BCUT2D eigenvalue weighted by molar-refractivity contribution is 5.44. The number of para-hydroxylation sites is 4. The Morgan fingerprint density at radius 1 is 0.778 bits per heavy atom. The first-order chi connectivity index (χ1) is 8.52. The van der Waals surface area contributed by atoms with Crippen LogP contribution >= 0.6 is 0 Å². The molecule has 2 rings (SSSR count). The maximum Gasteiger partial charge on any atom is 0.310 e. The van der Waals surface area contributed by atoms with E-state index in [1.165, 1.54) is 36.4 Å². The Morgan fingerprint density at radius 3 is 1.44 bits per heavy atom. The van der Waals surface area contributed by atoms with Gasteiger partial charge in [-0.05, 0) is 18.2 Å². The predicted molar refractivity (Wildman–Crippen MR) is 64.5 cm³/mol. The molecular weight excluding hydrogens is 238 g/mol. The van der Waals surface area contributed by atoms with Crippen molar-refractivity contribution in [2.45, 2.75) is 0 Å². The minimum atomic E-state index is -0.630. The Kier molecular flexibility index (Phi) is 4.50. The molecule has 0 atom stereocenters. The summed E-state index contributed by atoms with van der Waals surface area (Å²) in [6.07, 6.45) is 0. The third kappa shape index (κ3) is 3.67. The van der Waals surface area contributed by atoms with Gasteiger partial charge in [0.25, 0.3) is 0 Å². The van der Waals surface area contributed by atoms with Crippen LogP contribution in [-0.4, -0.2) is 20.2 Å². The molecule has 18 heavy (non-hydrogen) atoms. The molecule has 0 bridgehead atoms. The van der Waals surface area contributed by atoms with Crippen molar-refractivity contribution in [3.05, 3.63) is 58.6 Å². The Labute approximate surface area is 103 Å². The highest BCUT2D eigenvalue weighted by atomic mass is 16.6. The maximum absolute atomic E-state index is 10.1. The molecule has 0 amide bonds. The molecule has 0 aromatic heterocycles. The second kappa shape index (κ2) is 6.09. The molecule has 0 radical (unpaired) electrons. The highest BCUT2D eigenvalue weighted by Crippen LogP contribution is 2.23. The van der Waals surface area contributed by atoms with Gasteiger partial charge in [0.15, 0.2) is 17.2 Å². The number of nitrogens with zero attached hydrogens (tertiary/aromatic N) is 1. The third-order valence-corrected chi connectivity index (χ3v) is 1.96. The molecule has 0 unspecified atom stereocenters. The van der Waals surface area contributed by atoms with E-state index in [4.69, 9.17) is 15.3 Å². The van der Waals surface area contributed by atoms with Crippen LogP contribution in [0.15, 0.2) is 48.5 Å². The number of phenolic OH excluding ortho intramolecular Hbond substituents is 3. The van der Waals surface area contributed by atoms with E-state index in [0.29, 0.717) is 0 Å². The number of phenols is 3. The van der Waals surface area contributed by atoms with Gasteiger partial charge in [-0.3, -0.25) is 10.1 Å². The van der Waals surface area contributed by atoms with E-state index in [1.54, 1.807) is 12.1 Å². The summed E-state index contributed by atoms with van der Waals surface area (Å²) in [5.41, 5.74) is -0.262. The molecule has 0 saturated carbocycles. The van der Waals surface area contributed by atoms with Crippen LogP contribution in [0.1, 0.15) is 0 Å². The highest BCUT2D eigenvalue weighted by Gasteiger charge is 2.09. The lowest BCUT2D eigenvalue weighted by Gasteiger charge is -1.91. The Hall–Kier alpha value is -2.76. The molecule has 2 aromatic carbocycles. The van der Waals surface area contributed by atoms with E-state index in [-0.39, 0.29) is 22.9 Å². The summed E-state index contributed by atoms with van der Waals surface area (Å²) >= 11 is 0. The first kappa shape index (κ1) is 13.3. The lowest BCUT2D eigenvalue weighted by molar-refractivity contribution is -0.385. The van der Waals surface area contributed by atoms with Crippen LogP contribution in [0.25, 0.3) is 0 Å². The summed E-state index contributed by atoms with van der Waals surface area (Å²) in [6, 6.07) is 11.7. The number of hydrogen-bond acceptors (Lipinski definition) is 5. The zero-order valence-electron chi connectivity index (χ0n) is 9.22. The lowest BCUT2D eigenvalue weighted by Crippen LogP contribution is -1.86. The van der Waals surface area contributed by atoms with Gasteiger partial charge in [0.1, 0.15) is 0 Å². The number of aromatic hydroxyl groups is 3. The van der Waals surface area contributed by atoms with E-state index in [2.05, 4.69) is 0 Å². The van der Waals surface area contributed by atoms with Crippen LogP contribution in [0.4, 0.5) is 5.69 Å². The van der Waals surface area contributed by atoms with Crippen molar-refractivity contribution in [1.82, 2.24) is 0 Å². The SMILES string of the molecule is O=[N+]([O-])c1ccccc1O.Oc1ccccc1O. The van der Waals surface area contributed by atoms with E-state index in [1.807, 2.05) is 0 Å². The van der Waals surface area contributed by atoms with Crippen LogP contribution in [0.3, 0.4) is 0 Å². The second-order valence-electron chi connectivity index (χ2n) is 3.23. The fraction of sp³-hybridized carbons (Fsp3) is 0. The van der Waals surface area contributed by atoms with Gasteiger partial charge >= 0.3 is 5.69 Å². The van der Waals surface area contributed by atoms with Crippen molar-refractivity contribution in [2.24, 2.45) is 0 Å². The maximum atomic E-state index is 10.1. The summed E-state index contributed by atoms with van der Waals surface area (Å²) in [7, 11) is 0. The smallest absolute Gasteiger partial charge is 0.310 e. The first-order valence-electron chi connectivity index (χ1n) is 4.91. The van der Waals surface area contributed by atoms with Crippen LogP contribution in [-0.2, 0) is 0 Å². The van der Waals surface area contributed by atoms with Gasteiger partial charge in [-0.15, -0.1) is 0 Å². The zero-order chi connectivity index (χ0) is 13.5. The Bertz CT molecular complexity index is 520. The van der Waals surface area contributed by atoms with Crippen molar-refractivity contribution in [3.63, 3.8) is 0 Å². The van der Waals surface area contributed by atoms with Gasteiger partial charge < -0.3 is 15.3 Å². The summed E-state index contributed by atoms with van der Waals surface area (Å²) in [5, 5.41) is 36.2. The number of nitro benzene ring substituents is 1. The van der Waals surface area contributed by atoms with Crippen LogP contribution in [0, 0.1) is 10.1 Å². The topological polar surface area (TPSA) is 104 Å². The molecule has 0 aliphatic rings. The molecule has 0 fully saturated rings. The van der Waals surface area contributed by atoms with Gasteiger partial charge in [0.2, 0.25) is 0 Å². The van der Waals surface area contributed by atoms with Gasteiger partial charge in [0, 0.05) is 6.07 Å². The molecule has 6 nitrogen and oxygen atoms in total.